The molecule has 0 saturated heterocycles. The second-order valence-corrected chi connectivity index (χ2v) is 2.97. The zero-order chi connectivity index (χ0) is 10.4. The van der Waals surface area contributed by atoms with Crippen molar-refractivity contribution in [1.29, 1.82) is 0 Å². The molecular weight excluding hydrogens is 183 g/mol. The minimum atomic E-state index is -0.299. The highest BCUT2D eigenvalue weighted by molar-refractivity contribution is 5.70. The molecule has 1 aliphatic rings. The smallest absolute Gasteiger partial charge is 0.306 e. The number of carbonyl (C=O) groups excluding carboxylic acids is 1. The maximum Gasteiger partial charge on any atom is 0.306 e. The Balaban J connectivity index is 2.48. The van der Waals surface area contributed by atoms with Gasteiger partial charge in [0.15, 0.2) is 0 Å². The third kappa shape index (κ3) is 3.56. The molecule has 1 aliphatic carbocycles. The Hall–Kier alpha value is -1.38. The number of rotatable bonds is 3. The monoisotopic (exact) mass is 196 g/mol. The molecule has 0 amide bonds. The summed E-state index contributed by atoms with van der Waals surface area (Å²) in [6.07, 6.45) is 8.04. The predicted octanol–water partition coefficient (Wildman–Crippen LogP) is 2.54. The first-order chi connectivity index (χ1) is 6.72. The van der Waals surface area contributed by atoms with E-state index in [-0.39, 0.29) is 24.1 Å². The van der Waals surface area contributed by atoms with Crippen LogP contribution in [0.5, 0.6) is 0 Å². The molecule has 1 atom stereocenters. The van der Waals surface area contributed by atoms with Gasteiger partial charge in [-0.1, -0.05) is 18.2 Å². The zero-order valence-corrected chi connectivity index (χ0v) is 8.07. The van der Waals surface area contributed by atoms with Crippen LogP contribution in [0.4, 0.5) is 4.39 Å². The van der Waals surface area contributed by atoms with E-state index in [1.807, 2.05) is 0 Å². The summed E-state index contributed by atoms with van der Waals surface area (Å²) in [5.74, 6) is -0.625. The van der Waals surface area contributed by atoms with Crippen molar-refractivity contribution >= 4 is 5.97 Å². The third-order valence-corrected chi connectivity index (χ3v) is 1.82. The summed E-state index contributed by atoms with van der Waals surface area (Å²) < 4.78 is 17.5. The van der Waals surface area contributed by atoms with Gasteiger partial charge in [0.1, 0.15) is 5.83 Å². The minimum Gasteiger partial charge on any atom is -0.466 e. The fraction of sp³-hybridized carbons (Fsp3) is 0.364. The van der Waals surface area contributed by atoms with Crippen molar-refractivity contribution in [2.45, 2.75) is 13.3 Å². The van der Waals surface area contributed by atoms with Crippen LogP contribution >= 0.6 is 0 Å². The molecule has 0 aromatic heterocycles. The number of esters is 1. The van der Waals surface area contributed by atoms with Crippen LogP contribution in [0.3, 0.4) is 0 Å². The number of hydrogen-bond acceptors (Lipinski definition) is 2. The molecule has 0 aliphatic heterocycles. The average molecular weight is 196 g/mol. The first-order valence-electron chi connectivity index (χ1n) is 4.60. The van der Waals surface area contributed by atoms with Crippen LogP contribution < -0.4 is 0 Å². The fourth-order valence-electron chi connectivity index (χ4n) is 1.17. The molecule has 76 valence electrons. The van der Waals surface area contributed by atoms with Crippen LogP contribution in [0.2, 0.25) is 0 Å². The summed E-state index contributed by atoms with van der Waals surface area (Å²) >= 11 is 0. The van der Waals surface area contributed by atoms with Gasteiger partial charge >= 0.3 is 5.97 Å². The lowest BCUT2D eigenvalue weighted by Crippen LogP contribution is -2.08. The van der Waals surface area contributed by atoms with Gasteiger partial charge in [-0.3, -0.25) is 4.79 Å². The molecule has 1 unspecified atom stereocenters. The van der Waals surface area contributed by atoms with Crippen LogP contribution in [-0.4, -0.2) is 12.6 Å². The number of carbonyl (C=O) groups is 1. The van der Waals surface area contributed by atoms with E-state index in [2.05, 4.69) is 0 Å². The van der Waals surface area contributed by atoms with Gasteiger partial charge in [0.25, 0.3) is 0 Å². The van der Waals surface area contributed by atoms with Gasteiger partial charge in [0, 0.05) is 5.92 Å². The minimum absolute atomic E-state index is 0.0708. The van der Waals surface area contributed by atoms with Crippen LogP contribution in [0, 0.1) is 5.92 Å². The highest BCUT2D eigenvalue weighted by atomic mass is 19.1. The fourth-order valence-corrected chi connectivity index (χ4v) is 1.17. The van der Waals surface area contributed by atoms with Gasteiger partial charge in [-0.05, 0) is 19.1 Å². The molecular formula is C11H13FO2. The molecule has 0 aromatic carbocycles. The van der Waals surface area contributed by atoms with Crippen molar-refractivity contribution < 1.29 is 13.9 Å². The lowest BCUT2D eigenvalue weighted by atomic mass is 10.1. The predicted molar refractivity (Wildman–Crippen MR) is 52.2 cm³/mol. The van der Waals surface area contributed by atoms with E-state index < -0.39 is 0 Å². The first-order valence-corrected chi connectivity index (χ1v) is 4.60. The van der Waals surface area contributed by atoms with Gasteiger partial charge in [-0.2, -0.15) is 0 Å². The van der Waals surface area contributed by atoms with E-state index in [9.17, 15) is 9.18 Å². The third-order valence-electron chi connectivity index (χ3n) is 1.82. The van der Waals surface area contributed by atoms with Crippen LogP contribution in [0.25, 0.3) is 0 Å². The van der Waals surface area contributed by atoms with Crippen molar-refractivity contribution in [2.75, 3.05) is 6.61 Å². The Labute approximate surface area is 82.8 Å². The van der Waals surface area contributed by atoms with E-state index in [1.165, 1.54) is 12.2 Å². The van der Waals surface area contributed by atoms with E-state index in [0.29, 0.717) is 6.61 Å². The molecule has 0 fully saturated rings. The van der Waals surface area contributed by atoms with Gasteiger partial charge in [0.2, 0.25) is 0 Å². The normalized spacial score (nSPS) is 20.1. The molecule has 0 aromatic rings. The first kappa shape index (κ1) is 10.7. The highest BCUT2D eigenvalue weighted by Crippen LogP contribution is 2.14. The Morgan fingerprint density at radius 1 is 1.57 bits per heavy atom. The van der Waals surface area contributed by atoms with E-state index in [1.54, 1.807) is 25.2 Å². The maximum absolute atomic E-state index is 12.7. The Bertz CT molecular complexity index is 290. The van der Waals surface area contributed by atoms with Gasteiger partial charge < -0.3 is 4.74 Å². The van der Waals surface area contributed by atoms with Gasteiger partial charge in [0.05, 0.1) is 13.0 Å². The Morgan fingerprint density at radius 2 is 2.36 bits per heavy atom. The molecule has 0 saturated carbocycles. The maximum atomic E-state index is 12.7. The van der Waals surface area contributed by atoms with Crippen molar-refractivity contribution in [2.24, 2.45) is 5.92 Å². The quantitative estimate of drug-likeness (QED) is 0.648. The van der Waals surface area contributed by atoms with E-state index in [0.717, 1.165) is 0 Å². The molecule has 0 N–H and O–H groups in total. The standard InChI is InChI=1S/C11H13FO2/c1-2-14-11(13)8-9-4-3-5-10(12)7-6-9/h3-7,9H,2,8H2,1H3. The van der Waals surface area contributed by atoms with E-state index in [4.69, 9.17) is 4.74 Å². The molecule has 0 heterocycles. The number of ether oxygens (including phenoxy) is 1. The highest BCUT2D eigenvalue weighted by Gasteiger charge is 2.09. The topological polar surface area (TPSA) is 26.3 Å². The van der Waals surface area contributed by atoms with Gasteiger partial charge in [-0.15, -0.1) is 0 Å². The zero-order valence-electron chi connectivity index (χ0n) is 8.07. The van der Waals surface area contributed by atoms with Crippen molar-refractivity contribution in [1.82, 2.24) is 0 Å². The van der Waals surface area contributed by atoms with Gasteiger partial charge in [-0.25, -0.2) is 4.39 Å². The number of halogens is 1. The summed E-state index contributed by atoms with van der Waals surface area (Å²) in [7, 11) is 0. The van der Waals surface area contributed by atoms with Crippen molar-refractivity contribution in [3.63, 3.8) is 0 Å². The lowest BCUT2D eigenvalue weighted by molar-refractivity contribution is -0.143. The van der Waals surface area contributed by atoms with E-state index >= 15 is 0 Å². The Kier molecular flexibility index (Phi) is 4.11. The summed E-state index contributed by atoms with van der Waals surface area (Å²) in [5.41, 5.74) is 0. The molecule has 0 bridgehead atoms. The summed E-state index contributed by atoms with van der Waals surface area (Å²) in [4.78, 5) is 11.1. The number of hydrogen-bond donors (Lipinski definition) is 0. The SMILES string of the molecule is CCOC(=O)CC1C=CC=C(F)C=C1. The summed E-state index contributed by atoms with van der Waals surface area (Å²) in [6, 6.07) is 0. The molecule has 3 heteroatoms. The second kappa shape index (κ2) is 5.37. The molecule has 0 spiro atoms. The molecule has 1 rings (SSSR count). The van der Waals surface area contributed by atoms with Crippen molar-refractivity contribution in [3.05, 3.63) is 36.2 Å². The summed E-state index contributed by atoms with van der Waals surface area (Å²) in [6.45, 7) is 2.14. The van der Waals surface area contributed by atoms with Crippen LogP contribution in [0.1, 0.15) is 13.3 Å². The number of allylic oxidation sites excluding steroid dienone is 6. The molecule has 14 heavy (non-hydrogen) atoms. The second-order valence-electron chi connectivity index (χ2n) is 2.97. The molecule has 2 nitrogen and oxygen atoms in total. The average Bonchev–Trinajstić information content (AvgIpc) is 2.32. The lowest BCUT2D eigenvalue weighted by Gasteiger charge is -2.05. The van der Waals surface area contributed by atoms with Crippen LogP contribution in [-0.2, 0) is 9.53 Å². The molecule has 0 radical (unpaired) electrons. The Morgan fingerprint density at radius 3 is 3.07 bits per heavy atom. The summed E-state index contributed by atoms with van der Waals surface area (Å²) in [5, 5.41) is 0. The van der Waals surface area contributed by atoms with Crippen LogP contribution in [0.15, 0.2) is 36.2 Å². The van der Waals surface area contributed by atoms with Crippen molar-refractivity contribution in [3.8, 4) is 0 Å². The largest absolute Gasteiger partial charge is 0.466 e.